The Morgan fingerprint density at radius 2 is 1.40 bits per heavy atom. The maximum atomic E-state index is 5.49. The van der Waals surface area contributed by atoms with Crippen LogP contribution in [0.15, 0.2) is 48.7 Å². The van der Waals surface area contributed by atoms with E-state index in [1.165, 1.54) is 10.9 Å². The van der Waals surface area contributed by atoms with Crippen LogP contribution in [0.4, 0.5) is 0 Å². The molecule has 128 valence electrons. The Labute approximate surface area is 147 Å². The first-order valence-electron chi connectivity index (χ1n) is 8.03. The monoisotopic (exact) mass is 336 g/mol. The van der Waals surface area contributed by atoms with Crippen LogP contribution in [0.2, 0.25) is 0 Å². The van der Waals surface area contributed by atoms with Crippen molar-refractivity contribution in [2.75, 3.05) is 21.3 Å². The molecular weight excluding hydrogens is 314 g/mol. The smallest absolute Gasteiger partial charge is 0.212 e. The molecule has 0 spiro atoms. The second kappa shape index (κ2) is 7.26. The molecule has 3 aromatic rings. The molecule has 0 fully saturated rings. The van der Waals surface area contributed by atoms with E-state index >= 15 is 0 Å². The number of methoxy groups -OCH3 is 3. The van der Waals surface area contributed by atoms with Gasteiger partial charge < -0.3 is 14.2 Å². The molecule has 1 heterocycles. The highest BCUT2D eigenvalue weighted by Gasteiger charge is 2.11. The van der Waals surface area contributed by atoms with Crippen molar-refractivity contribution in [3.63, 3.8) is 0 Å². The van der Waals surface area contributed by atoms with E-state index in [0.29, 0.717) is 11.5 Å². The van der Waals surface area contributed by atoms with Crippen molar-refractivity contribution in [1.82, 2.24) is 0 Å². The summed E-state index contributed by atoms with van der Waals surface area (Å²) in [5, 5.41) is 1.20. The van der Waals surface area contributed by atoms with Crippen LogP contribution in [-0.4, -0.2) is 21.3 Å². The summed E-state index contributed by atoms with van der Waals surface area (Å²) >= 11 is 0. The Balaban J connectivity index is 2.07. The molecule has 0 bridgehead atoms. The van der Waals surface area contributed by atoms with E-state index < -0.39 is 0 Å². The Kier molecular flexibility index (Phi) is 4.89. The number of aromatic nitrogens is 1. The third-order valence-electron chi connectivity index (χ3n) is 4.25. The number of benzene rings is 2. The Morgan fingerprint density at radius 3 is 2.12 bits per heavy atom. The lowest BCUT2D eigenvalue weighted by atomic mass is 10.1. The summed E-state index contributed by atoms with van der Waals surface area (Å²) in [5.41, 5.74) is 3.26. The summed E-state index contributed by atoms with van der Waals surface area (Å²) in [7, 11) is 6.94. The molecule has 1 aromatic heterocycles. The van der Waals surface area contributed by atoms with Crippen LogP contribution in [0.25, 0.3) is 23.1 Å². The SMILES string of the molecule is COc1cc(OC)c(OC)cc1/C=C\c1cc[n+](C)c2ccccc12. The van der Waals surface area contributed by atoms with Gasteiger partial charge in [0.25, 0.3) is 0 Å². The number of para-hydroxylation sites is 1. The molecule has 25 heavy (non-hydrogen) atoms. The number of rotatable bonds is 5. The van der Waals surface area contributed by atoms with Crippen LogP contribution in [0, 0.1) is 0 Å². The highest BCUT2D eigenvalue weighted by molar-refractivity contribution is 5.89. The van der Waals surface area contributed by atoms with Crippen molar-refractivity contribution in [1.29, 1.82) is 0 Å². The summed E-state index contributed by atoms with van der Waals surface area (Å²) in [6, 6.07) is 14.2. The van der Waals surface area contributed by atoms with Crippen LogP contribution in [0.1, 0.15) is 11.1 Å². The third kappa shape index (κ3) is 3.29. The average Bonchev–Trinajstić information content (AvgIpc) is 2.67. The summed E-state index contributed by atoms with van der Waals surface area (Å²) in [6.45, 7) is 0. The van der Waals surface area contributed by atoms with Gasteiger partial charge in [0.1, 0.15) is 12.8 Å². The Hall–Kier alpha value is -3.01. The third-order valence-corrected chi connectivity index (χ3v) is 4.25. The second-order valence-corrected chi connectivity index (χ2v) is 5.68. The van der Waals surface area contributed by atoms with E-state index in [4.69, 9.17) is 14.2 Å². The quantitative estimate of drug-likeness (QED) is 0.663. The summed E-state index contributed by atoms with van der Waals surface area (Å²) in [5.74, 6) is 2.06. The lowest BCUT2D eigenvalue weighted by Crippen LogP contribution is -2.28. The van der Waals surface area contributed by atoms with Gasteiger partial charge >= 0.3 is 0 Å². The van der Waals surface area contributed by atoms with Gasteiger partial charge in [0.15, 0.2) is 17.7 Å². The fraction of sp³-hybridized carbons (Fsp3) is 0.190. The lowest BCUT2D eigenvalue weighted by molar-refractivity contribution is -0.644. The van der Waals surface area contributed by atoms with Crippen LogP contribution < -0.4 is 18.8 Å². The average molecular weight is 336 g/mol. The largest absolute Gasteiger partial charge is 0.496 e. The molecule has 0 saturated carbocycles. The molecule has 2 aromatic carbocycles. The molecule has 0 saturated heterocycles. The molecular formula is C21H22NO3+. The van der Waals surface area contributed by atoms with E-state index in [0.717, 1.165) is 16.9 Å². The maximum absolute atomic E-state index is 5.49. The minimum absolute atomic E-state index is 0.647. The van der Waals surface area contributed by atoms with Gasteiger partial charge in [-0.25, -0.2) is 4.57 Å². The van der Waals surface area contributed by atoms with Gasteiger partial charge in [-0.1, -0.05) is 24.3 Å². The molecule has 0 aliphatic carbocycles. The van der Waals surface area contributed by atoms with E-state index in [1.807, 2.05) is 31.3 Å². The molecule has 4 heteroatoms. The van der Waals surface area contributed by atoms with Crippen LogP contribution in [0.5, 0.6) is 17.2 Å². The van der Waals surface area contributed by atoms with Crippen molar-refractivity contribution < 1.29 is 18.8 Å². The van der Waals surface area contributed by atoms with Gasteiger partial charge in [0.2, 0.25) is 5.52 Å². The number of ether oxygens (including phenoxy) is 3. The van der Waals surface area contributed by atoms with Gasteiger partial charge in [0, 0.05) is 23.8 Å². The number of hydrogen-bond acceptors (Lipinski definition) is 3. The van der Waals surface area contributed by atoms with E-state index in [1.54, 1.807) is 21.3 Å². The molecule has 0 aliphatic heterocycles. The number of fused-ring (bicyclic) bond motifs is 1. The van der Waals surface area contributed by atoms with Gasteiger partial charge in [-0.15, -0.1) is 0 Å². The zero-order chi connectivity index (χ0) is 17.8. The van der Waals surface area contributed by atoms with Gasteiger partial charge in [0.05, 0.1) is 26.7 Å². The second-order valence-electron chi connectivity index (χ2n) is 5.68. The number of nitrogens with zero attached hydrogens (tertiary/aromatic N) is 1. The molecule has 4 nitrogen and oxygen atoms in total. The molecule has 0 unspecified atom stereocenters. The van der Waals surface area contributed by atoms with Crippen molar-refractivity contribution in [2.24, 2.45) is 7.05 Å². The Morgan fingerprint density at radius 1 is 0.760 bits per heavy atom. The van der Waals surface area contributed by atoms with Gasteiger partial charge in [-0.05, 0) is 17.7 Å². The standard InChI is InChI=1S/C21H22NO3/c1-22-12-11-15(17-7-5-6-8-18(17)22)9-10-16-13-20(24-3)21(25-4)14-19(16)23-2/h5-14H,1-4H3/q+1/b10-9-. The molecule has 0 atom stereocenters. The van der Waals surface area contributed by atoms with E-state index in [9.17, 15) is 0 Å². The first kappa shape index (κ1) is 16.8. The highest BCUT2D eigenvalue weighted by Crippen LogP contribution is 2.35. The fourth-order valence-corrected chi connectivity index (χ4v) is 2.90. The Bertz CT molecular complexity index is 932. The molecule has 0 radical (unpaired) electrons. The van der Waals surface area contributed by atoms with Crippen molar-refractivity contribution in [2.45, 2.75) is 0 Å². The molecule has 3 rings (SSSR count). The van der Waals surface area contributed by atoms with Crippen LogP contribution in [0.3, 0.4) is 0 Å². The topological polar surface area (TPSA) is 31.6 Å². The first-order chi connectivity index (χ1) is 12.2. The highest BCUT2D eigenvalue weighted by atomic mass is 16.5. The first-order valence-corrected chi connectivity index (χ1v) is 8.03. The predicted octanol–water partition coefficient (Wildman–Crippen LogP) is 3.86. The minimum Gasteiger partial charge on any atom is -0.496 e. The van der Waals surface area contributed by atoms with Crippen molar-refractivity contribution in [3.8, 4) is 17.2 Å². The summed E-state index contributed by atoms with van der Waals surface area (Å²) in [6.07, 6.45) is 6.18. The predicted molar refractivity (Wildman–Crippen MR) is 100 cm³/mol. The maximum Gasteiger partial charge on any atom is 0.212 e. The van der Waals surface area contributed by atoms with Crippen molar-refractivity contribution >= 4 is 23.1 Å². The summed E-state index contributed by atoms with van der Waals surface area (Å²) in [4.78, 5) is 0. The zero-order valence-electron chi connectivity index (χ0n) is 14.9. The van der Waals surface area contributed by atoms with E-state index in [-0.39, 0.29) is 0 Å². The fourth-order valence-electron chi connectivity index (χ4n) is 2.90. The molecule has 0 amide bonds. The number of aryl methyl sites for hydroxylation is 1. The van der Waals surface area contributed by atoms with Gasteiger partial charge in [-0.3, -0.25) is 0 Å². The van der Waals surface area contributed by atoms with Crippen molar-refractivity contribution in [3.05, 3.63) is 59.8 Å². The lowest BCUT2D eigenvalue weighted by Gasteiger charge is -2.12. The summed E-state index contributed by atoms with van der Waals surface area (Å²) < 4.78 is 18.3. The minimum atomic E-state index is 0.647. The number of hydrogen-bond donors (Lipinski definition) is 0. The van der Waals surface area contributed by atoms with Crippen LogP contribution >= 0.6 is 0 Å². The normalized spacial score (nSPS) is 11.0. The number of pyridine rings is 1. The zero-order valence-corrected chi connectivity index (χ0v) is 14.9. The van der Waals surface area contributed by atoms with E-state index in [2.05, 4.69) is 41.1 Å². The molecule has 0 aliphatic rings. The molecule has 0 N–H and O–H groups in total. The van der Waals surface area contributed by atoms with Gasteiger partial charge in [-0.2, -0.15) is 0 Å². The van der Waals surface area contributed by atoms with Crippen LogP contribution in [-0.2, 0) is 7.05 Å².